The number of aliphatic imine (C=N–C) groups is 1. The van der Waals surface area contributed by atoms with Gasteiger partial charge in [0.05, 0.1) is 5.02 Å². The second kappa shape index (κ2) is 8.18. The van der Waals surface area contributed by atoms with Crippen LogP contribution in [0.15, 0.2) is 53.7 Å². The number of nitrogens with zero attached hydrogens (tertiary/aromatic N) is 2. The van der Waals surface area contributed by atoms with E-state index in [1.807, 2.05) is 0 Å². The third kappa shape index (κ3) is 3.95. The van der Waals surface area contributed by atoms with Crippen molar-refractivity contribution in [1.29, 1.82) is 0 Å². The van der Waals surface area contributed by atoms with Gasteiger partial charge in [-0.15, -0.1) is 0 Å². The number of benzene rings is 1. The average molecular weight is 479 g/mol. The Labute approximate surface area is 190 Å². The Kier molecular flexibility index (Phi) is 5.68. The number of fused-ring (bicyclic) bond motifs is 1. The molecule has 3 atom stereocenters. The molecule has 1 aromatic heterocycles. The number of amidine groups is 1. The molecule has 1 saturated carbocycles. The lowest BCUT2D eigenvalue weighted by Gasteiger charge is -2.34. The van der Waals surface area contributed by atoms with E-state index in [2.05, 4.69) is 15.3 Å². The second-order valence-corrected chi connectivity index (χ2v) is 9.32. The van der Waals surface area contributed by atoms with Crippen LogP contribution in [-0.2, 0) is 10.3 Å². The monoisotopic (exact) mass is 478 g/mol. The molecule has 2 aliphatic rings. The standard InChI is InChI=1S/C21H17ClF2N4O3S/c22-11-1-4-15(26-9-11)18(31)27-12-2-3-14(24)13(7-12)21(10-23)16-8-20(16,6-5-17(29)30)32-19(25)28-21/h1-7,9,16H,8,10H2,(H2,25,28)(H,27,31)(H,29,30)/b6-5+/t16?,20-,21+/m0/s1. The number of aromatic nitrogens is 1. The van der Waals surface area contributed by atoms with Crippen molar-refractivity contribution in [3.8, 4) is 0 Å². The van der Waals surface area contributed by atoms with Crippen LogP contribution in [0.1, 0.15) is 22.5 Å². The summed E-state index contributed by atoms with van der Waals surface area (Å²) in [7, 11) is 0. The minimum absolute atomic E-state index is 0.0330. The fourth-order valence-corrected chi connectivity index (χ4v) is 5.38. The van der Waals surface area contributed by atoms with Gasteiger partial charge in [-0.25, -0.2) is 23.6 Å². The Hall–Kier alpha value is -2.98. The van der Waals surface area contributed by atoms with E-state index in [9.17, 15) is 18.4 Å². The van der Waals surface area contributed by atoms with Gasteiger partial charge < -0.3 is 16.2 Å². The molecule has 0 radical (unpaired) electrons. The molecule has 7 nitrogen and oxygen atoms in total. The van der Waals surface area contributed by atoms with Crippen LogP contribution in [0.5, 0.6) is 0 Å². The summed E-state index contributed by atoms with van der Waals surface area (Å²) in [6, 6.07) is 6.71. The van der Waals surface area contributed by atoms with Crippen molar-refractivity contribution in [2.45, 2.75) is 16.7 Å². The fourth-order valence-electron chi connectivity index (χ4n) is 3.95. The van der Waals surface area contributed by atoms with Crippen LogP contribution >= 0.6 is 23.4 Å². The smallest absolute Gasteiger partial charge is 0.328 e. The lowest BCUT2D eigenvalue weighted by atomic mass is 9.84. The van der Waals surface area contributed by atoms with E-state index in [1.165, 1.54) is 36.5 Å². The third-order valence-corrected chi connectivity index (χ3v) is 6.99. The van der Waals surface area contributed by atoms with Gasteiger partial charge in [-0.1, -0.05) is 29.4 Å². The summed E-state index contributed by atoms with van der Waals surface area (Å²) in [5, 5.41) is 12.0. The number of alkyl halides is 1. The van der Waals surface area contributed by atoms with Gasteiger partial charge in [-0.05, 0) is 36.8 Å². The van der Waals surface area contributed by atoms with Gasteiger partial charge >= 0.3 is 5.97 Å². The zero-order valence-corrected chi connectivity index (χ0v) is 18.0. The normalized spacial score (nSPS) is 26.3. The lowest BCUT2D eigenvalue weighted by molar-refractivity contribution is -0.131. The number of hydrogen-bond donors (Lipinski definition) is 3. The number of amides is 1. The van der Waals surface area contributed by atoms with E-state index in [4.69, 9.17) is 22.4 Å². The lowest BCUT2D eigenvalue weighted by Crippen LogP contribution is -2.39. The maximum atomic E-state index is 14.9. The zero-order chi connectivity index (χ0) is 23.1. The molecule has 0 bridgehead atoms. The van der Waals surface area contributed by atoms with Gasteiger partial charge in [0.2, 0.25) is 0 Å². The van der Waals surface area contributed by atoms with E-state index >= 15 is 0 Å². The topological polar surface area (TPSA) is 118 Å². The number of carboxylic acids is 1. The van der Waals surface area contributed by atoms with Crippen LogP contribution in [0.3, 0.4) is 0 Å². The molecule has 0 spiro atoms. The Morgan fingerprint density at radius 2 is 2.16 bits per heavy atom. The van der Waals surface area contributed by atoms with Crippen molar-refractivity contribution in [1.82, 2.24) is 4.98 Å². The summed E-state index contributed by atoms with van der Waals surface area (Å²) in [5.41, 5.74) is 4.55. The van der Waals surface area contributed by atoms with Crippen LogP contribution < -0.4 is 11.1 Å². The predicted octanol–water partition coefficient (Wildman–Crippen LogP) is 3.75. The van der Waals surface area contributed by atoms with Crippen LogP contribution in [0, 0.1) is 11.7 Å². The molecule has 2 heterocycles. The highest BCUT2D eigenvalue weighted by molar-refractivity contribution is 8.15. The largest absolute Gasteiger partial charge is 0.478 e. The summed E-state index contributed by atoms with van der Waals surface area (Å²) in [6.07, 6.45) is 4.12. The number of nitrogens with two attached hydrogens (primary N) is 1. The Balaban J connectivity index is 1.69. The van der Waals surface area contributed by atoms with Gasteiger partial charge in [0.1, 0.15) is 23.7 Å². The highest BCUT2D eigenvalue weighted by Crippen LogP contribution is 2.66. The van der Waals surface area contributed by atoms with Crippen LogP contribution in [-0.4, -0.2) is 38.6 Å². The van der Waals surface area contributed by atoms with E-state index in [0.717, 1.165) is 23.9 Å². The van der Waals surface area contributed by atoms with Crippen molar-refractivity contribution in [3.05, 3.63) is 70.8 Å². The molecule has 1 unspecified atom stereocenters. The number of carbonyl (C=O) groups excluding carboxylic acids is 1. The second-order valence-electron chi connectivity index (χ2n) is 7.50. The molecule has 4 N–H and O–H groups in total. The SMILES string of the molecule is NC1=N[C@](CF)(c2cc(NC(=O)c3ccc(Cl)cn3)ccc2F)C2C[C@]2(/C=C/C(=O)O)S1. The van der Waals surface area contributed by atoms with Gasteiger partial charge in [-0.3, -0.25) is 4.79 Å². The molecule has 1 fully saturated rings. The van der Waals surface area contributed by atoms with Crippen LogP contribution in [0.4, 0.5) is 14.5 Å². The number of hydrogen-bond acceptors (Lipinski definition) is 6. The molecule has 11 heteroatoms. The van der Waals surface area contributed by atoms with Crippen molar-refractivity contribution in [2.75, 3.05) is 12.0 Å². The van der Waals surface area contributed by atoms with E-state index in [1.54, 1.807) is 0 Å². The van der Waals surface area contributed by atoms with Crippen LogP contribution in [0.25, 0.3) is 0 Å². The zero-order valence-electron chi connectivity index (χ0n) is 16.4. The maximum absolute atomic E-state index is 14.9. The summed E-state index contributed by atoms with van der Waals surface area (Å²) < 4.78 is 28.7. The molecule has 32 heavy (non-hydrogen) atoms. The summed E-state index contributed by atoms with van der Waals surface area (Å²) in [6.45, 7) is -1.05. The van der Waals surface area contributed by atoms with Gasteiger partial charge in [0, 0.05) is 34.2 Å². The first-order valence-corrected chi connectivity index (χ1v) is 10.6. The van der Waals surface area contributed by atoms with Crippen molar-refractivity contribution >= 4 is 46.1 Å². The Bertz CT molecular complexity index is 1160. The first kappa shape index (κ1) is 22.2. The Morgan fingerprint density at radius 1 is 1.38 bits per heavy atom. The number of thioether (sulfide) groups is 1. The molecule has 1 aliphatic heterocycles. The molecular weight excluding hydrogens is 462 g/mol. The van der Waals surface area contributed by atoms with Gasteiger partial charge in [-0.2, -0.15) is 0 Å². The summed E-state index contributed by atoms with van der Waals surface area (Å²) >= 11 is 6.92. The van der Waals surface area contributed by atoms with E-state index < -0.39 is 40.6 Å². The van der Waals surface area contributed by atoms with E-state index in [0.29, 0.717) is 11.4 Å². The number of pyridine rings is 1. The van der Waals surface area contributed by atoms with Gasteiger partial charge in [0.15, 0.2) is 5.17 Å². The Morgan fingerprint density at radius 3 is 2.81 bits per heavy atom. The number of anilines is 1. The molecule has 1 aromatic carbocycles. The van der Waals surface area contributed by atoms with Crippen molar-refractivity contribution < 1.29 is 23.5 Å². The first-order valence-electron chi connectivity index (χ1n) is 9.44. The summed E-state index contributed by atoms with van der Waals surface area (Å²) in [5.74, 6) is -2.92. The highest BCUT2D eigenvalue weighted by atomic mass is 35.5. The molecule has 0 saturated heterocycles. The number of carbonyl (C=O) groups is 2. The highest BCUT2D eigenvalue weighted by Gasteiger charge is 2.67. The van der Waals surface area contributed by atoms with Crippen molar-refractivity contribution in [2.24, 2.45) is 16.6 Å². The first-order chi connectivity index (χ1) is 15.2. The summed E-state index contributed by atoms with van der Waals surface area (Å²) in [4.78, 5) is 31.6. The van der Waals surface area contributed by atoms with Gasteiger partial charge in [0.25, 0.3) is 5.91 Å². The molecular formula is C21H17ClF2N4O3S. The fraction of sp³-hybridized carbons (Fsp3) is 0.238. The molecule has 1 aliphatic carbocycles. The third-order valence-electron chi connectivity index (χ3n) is 5.50. The molecule has 4 rings (SSSR count). The molecule has 166 valence electrons. The quantitative estimate of drug-likeness (QED) is 0.544. The number of carboxylic acid groups (broad SMARTS) is 1. The minimum Gasteiger partial charge on any atom is -0.478 e. The predicted molar refractivity (Wildman–Crippen MR) is 118 cm³/mol. The number of rotatable bonds is 6. The molecule has 1 amide bonds. The maximum Gasteiger partial charge on any atom is 0.328 e. The number of halogens is 3. The van der Waals surface area contributed by atoms with E-state index in [-0.39, 0.29) is 22.1 Å². The molecule has 2 aromatic rings. The number of nitrogens with one attached hydrogen (secondary N) is 1. The van der Waals surface area contributed by atoms with Crippen molar-refractivity contribution in [3.63, 3.8) is 0 Å². The minimum atomic E-state index is -1.64. The number of aliphatic carboxylic acids is 1. The average Bonchev–Trinajstić information content (AvgIpc) is 3.48. The van der Waals surface area contributed by atoms with Crippen LogP contribution in [0.2, 0.25) is 5.02 Å².